The molecule has 3 heteroatoms. The molecule has 0 saturated carbocycles. The Bertz CT molecular complexity index is 372. The van der Waals surface area contributed by atoms with Crippen LogP contribution in [0.2, 0.25) is 0 Å². The average molecular weight is 234 g/mol. The molecule has 1 aliphatic heterocycles. The molecule has 2 N–H and O–H groups in total. The molecule has 1 aromatic carbocycles. The van der Waals surface area contributed by atoms with Crippen LogP contribution >= 0.6 is 0 Å². The van der Waals surface area contributed by atoms with Gasteiger partial charge in [0.2, 0.25) is 0 Å². The second-order valence-electron chi connectivity index (χ2n) is 5.61. The van der Waals surface area contributed by atoms with Crippen molar-refractivity contribution in [1.82, 2.24) is 0 Å². The number of rotatable bonds is 3. The first-order valence-corrected chi connectivity index (χ1v) is 6.12. The number of methoxy groups -OCH3 is 1. The SMILES string of the molecule is COCC1CN(c2ccc(N)cc2)CC1(C)C. The summed E-state index contributed by atoms with van der Waals surface area (Å²) in [6.07, 6.45) is 0. The highest BCUT2D eigenvalue weighted by atomic mass is 16.5. The molecule has 0 radical (unpaired) electrons. The lowest BCUT2D eigenvalue weighted by Gasteiger charge is -2.24. The van der Waals surface area contributed by atoms with E-state index in [1.165, 1.54) is 5.69 Å². The van der Waals surface area contributed by atoms with E-state index in [0.29, 0.717) is 11.3 Å². The number of hydrogen-bond donors (Lipinski definition) is 1. The van der Waals surface area contributed by atoms with Gasteiger partial charge < -0.3 is 15.4 Å². The quantitative estimate of drug-likeness (QED) is 0.816. The minimum Gasteiger partial charge on any atom is -0.399 e. The number of ether oxygens (including phenoxy) is 1. The summed E-state index contributed by atoms with van der Waals surface area (Å²) in [7, 11) is 1.78. The minimum absolute atomic E-state index is 0.303. The van der Waals surface area contributed by atoms with E-state index in [-0.39, 0.29) is 0 Å². The highest BCUT2D eigenvalue weighted by Crippen LogP contribution is 2.37. The van der Waals surface area contributed by atoms with Crippen molar-refractivity contribution in [3.63, 3.8) is 0 Å². The van der Waals surface area contributed by atoms with Crippen LogP contribution in [0.15, 0.2) is 24.3 Å². The molecule has 94 valence electrons. The third-order valence-corrected chi connectivity index (χ3v) is 3.77. The number of nitrogen functional groups attached to an aromatic ring is 1. The second kappa shape index (κ2) is 4.57. The summed E-state index contributed by atoms with van der Waals surface area (Å²) in [6.45, 7) is 7.59. The predicted molar refractivity (Wildman–Crippen MR) is 72.2 cm³/mol. The van der Waals surface area contributed by atoms with E-state index in [1.807, 2.05) is 12.1 Å². The lowest BCUT2D eigenvalue weighted by molar-refractivity contribution is 0.112. The van der Waals surface area contributed by atoms with Crippen molar-refractivity contribution in [3.05, 3.63) is 24.3 Å². The highest BCUT2D eigenvalue weighted by Gasteiger charge is 2.39. The van der Waals surface area contributed by atoms with Gasteiger partial charge in [0.05, 0.1) is 6.61 Å². The number of anilines is 2. The number of benzene rings is 1. The molecule has 1 atom stereocenters. The summed E-state index contributed by atoms with van der Waals surface area (Å²) >= 11 is 0. The van der Waals surface area contributed by atoms with Gasteiger partial charge in [-0.25, -0.2) is 0 Å². The van der Waals surface area contributed by atoms with E-state index >= 15 is 0 Å². The van der Waals surface area contributed by atoms with Crippen molar-refractivity contribution in [3.8, 4) is 0 Å². The van der Waals surface area contributed by atoms with Crippen molar-refractivity contribution >= 4 is 11.4 Å². The molecule has 1 saturated heterocycles. The third-order valence-electron chi connectivity index (χ3n) is 3.77. The molecule has 1 aliphatic rings. The van der Waals surface area contributed by atoms with E-state index < -0.39 is 0 Å². The van der Waals surface area contributed by atoms with Crippen LogP contribution in [0.4, 0.5) is 11.4 Å². The second-order valence-corrected chi connectivity index (χ2v) is 5.61. The summed E-state index contributed by atoms with van der Waals surface area (Å²) in [4.78, 5) is 2.42. The maximum Gasteiger partial charge on any atom is 0.0513 e. The molecule has 2 rings (SSSR count). The van der Waals surface area contributed by atoms with Crippen LogP contribution in [0, 0.1) is 11.3 Å². The van der Waals surface area contributed by atoms with E-state index in [2.05, 4.69) is 30.9 Å². The Kier molecular flexibility index (Phi) is 3.29. The molecule has 1 heterocycles. The van der Waals surface area contributed by atoms with Gasteiger partial charge in [-0.2, -0.15) is 0 Å². The van der Waals surface area contributed by atoms with Gasteiger partial charge >= 0.3 is 0 Å². The van der Waals surface area contributed by atoms with Crippen LogP contribution in [0.1, 0.15) is 13.8 Å². The van der Waals surface area contributed by atoms with Crippen LogP contribution in [0.25, 0.3) is 0 Å². The van der Waals surface area contributed by atoms with Gasteiger partial charge in [0.1, 0.15) is 0 Å². The Morgan fingerprint density at radius 3 is 2.59 bits per heavy atom. The topological polar surface area (TPSA) is 38.5 Å². The van der Waals surface area contributed by atoms with Crippen LogP contribution < -0.4 is 10.6 Å². The van der Waals surface area contributed by atoms with E-state index in [1.54, 1.807) is 7.11 Å². The van der Waals surface area contributed by atoms with E-state index in [4.69, 9.17) is 10.5 Å². The summed E-state index contributed by atoms with van der Waals surface area (Å²) in [5, 5.41) is 0. The Balaban J connectivity index is 2.12. The molecule has 0 spiro atoms. The smallest absolute Gasteiger partial charge is 0.0513 e. The van der Waals surface area contributed by atoms with Gasteiger partial charge in [0, 0.05) is 37.5 Å². The average Bonchev–Trinajstić information content (AvgIpc) is 2.56. The Morgan fingerprint density at radius 2 is 2.00 bits per heavy atom. The van der Waals surface area contributed by atoms with Gasteiger partial charge in [0.15, 0.2) is 0 Å². The first kappa shape index (κ1) is 12.2. The Hall–Kier alpha value is -1.22. The first-order valence-electron chi connectivity index (χ1n) is 6.12. The minimum atomic E-state index is 0.303. The molecule has 1 fully saturated rings. The third kappa shape index (κ3) is 2.55. The zero-order valence-electron chi connectivity index (χ0n) is 10.9. The largest absolute Gasteiger partial charge is 0.399 e. The fraction of sp³-hybridized carbons (Fsp3) is 0.571. The Morgan fingerprint density at radius 1 is 1.35 bits per heavy atom. The zero-order chi connectivity index (χ0) is 12.5. The highest BCUT2D eigenvalue weighted by molar-refractivity contribution is 5.54. The molecule has 1 unspecified atom stereocenters. The molecule has 1 aromatic rings. The molecule has 0 aliphatic carbocycles. The lowest BCUT2D eigenvalue weighted by Crippen LogP contribution is -2.25. The van der Waals surface area contributed by atoms with Gasteiger partial charge in [-0.15, -0.1) is 0 Å². The summed E-state index contributed by atoms with van der Waals surface area (Å²) < 4.78 is 5.32. The maximum absolute atomic E-state index is 5.72. The van der Waals surface area contributed by atoms with Crippen molar-refractivity contribution in [2.75, 3.05) is 37.4 Å². The Labute approximate surface area is 104 Å². The number of nitrogens with zero attached hydrogens (tertiary/aromatic N) is 1. The van der Waals surface area contributed by atoms with Crippen molar-refractivity contribution in [2.24, 2.45) is 11.3 Å². The van der Waals surface area contributed by atoms with Crippen molar-refractivity contribution in [2.45, 2.75) is 13.8 Å². The molecule has 0 aromatic heterocycles. The van der Waals surface area contributed by atoms with Crippen LogP contribution in [-0.2, 0) is 4.74 Å². The van der Waals surface area contributed by atoms with Crippen molar-refractivity contribution in [1.29, 1.82) is 0 Å². The van der Waals surface area contributed by atoms with Gasteiger partial charge in [-0.1, -0.05) is 13.8 Å². The fourth-order valence-corrected chi connectivity index (χ4v) is 2.56. The molecule has 17 heavy (non-hydrogen) atoms. The molecular weight excluding hydrogens is 212 g/mol. The monoisotopic (exact) mass is 234 g/mol. The number of hydrogen-bond acceptors (Lipinski definition) is 3. The summed E-state index contributed by atoms with van der Waals surface area (Å²) in [5.74, 6) is 0.588. The molecule has 0 amide bonds. The van der Waals surface area contributed by atoms with E-state index in [9.17, 15) is 0 Å². The molecular formula is C14H22N2O. The fourth-order valence-electron chi connectivity index (χ4n) is 2.56. The zero-order valence-corrected chi connectivity index (χ0v) is 10.9. The number of nitrogens with two attached hydrogens (primary N) is 1. The molecule has 3 nitrogen and oxygen atoms in total. The predicted octanol–water partition coefficient (Wildman–Crippen LogP) is 2.38. The summed E-state index contributed by atoms with van der Waals surface area (Å²) in [5.41, 5.74) is 8.09. The lowest BCUT2D eigenvalue weighted by atomic mass is 9.83. The normalized spacial score (nSPS) is 23.0. The maximum atomic E-state index is 5.72. The van der Waals surface area contributed by atoms with Gasteiger partial charge in [-0.05, 0) is 29.7 Å². The summed E-state index contributed by atoms with van der Waals surface area (Å²) in [6, 6.07) is 8.12. The molecule has 0 bridgehead atoms. The van der Waals surface area contributed by atoms with E-state index in [0.717, 1.165) is 25.4 Å². The first-order chi connectivity index (χ1) is 8.03. The van der Waals surface area contributed by atoms with Crippen molar-refractivity contribution < 1.29 is 4.74 Å². The standard InChI is InChI=1S/C14H22N2O/c1-14(2)10-16(8-11(14)9-17-3)13-6-4-12(15)5-7-13/h4-7,11H,8-10,15H2,1-3H3. The van der Waals surface area contributed by atoms with Gasteiger partial charge in [-0.3, -0.25) is 0 Å². The van der Waals surface area contributed by atoms with Crippen LogP contribution in [-0.4, -0.2) is 26.8 Å². The van der Waals surface area contributed by atoms with Crippen LogP contribution in [0.5, 0.6) is 0 Å². The van der Waals surface area contributed by atoms with Gasteiger partial charge in [0.25, 0.3) is 0 Å². The van der Waals surface area contributed by atoms with Crippen LogP contribution in [0.3, 0.4) is 0 Å².